The van der Waals surface area contributed by atoms with Crippen LogP contribution in [0.5, 0.6) is 0 Å². The van der Waals surface area contributed by atoms with Gasteiger partial charge in [-0.15, -0.1) is 0 Å². The van der Waals surface area contributed by atoms with E-state index in [1.807, 2.05) is 19.2 Å². The number of unbranched alkanes of at least 4 members (excludes halogenated alkanes) is 1. The highest BCUT2D eigenvalue weighted by Gasteiger charge is 2.17. The van der Waals surface area contributed by atoms with Crippen molar-refractivity contribution in [3.63, 3.8) is 0 Å². The number of sulfonamides is 1. The number of nitrogens with one attached hydrogen (secondary N) is 2. The monoisotopic (exact) mass is 350 g/mol. The Kier molecular flexibility index (Phi) is 8.66. The van der Waals surface area contributed by atoms with Gasteiger partial charge in [0.15, 0.2) is 0 Å². The van der Waals surface area contributed by atoms with Crippen molar-refractivity contribution in [2.75, 3.05) is 25.1 Å². The van der Waals surface area contributed by atoms with Crippen LogP contribution in [0.2, 0.25) is 5.02 Å². The van der Waals surface area contributed by atoms with Crippen LogP contribution in [0.1, 0.15) is 25.3 Å². The van der Waals surface area contributed by atoms with Crippen molar-refractivity contribution in [3.05, 3.63) is 28.8 Å². The maximum absolute atomic E-state index is 12.3. The fraction of sp³-hybridized carbons (Fsp3) is 0.571. The summed E-state index contributed by atoms with van der Waals surface area (Å²) in [6.45, 7) is 3.91. The van der Waals surface area contributed by atoms with Gasteiger partial charge in [0.1, 0.15) is 4.90 Å². The van der Waals surface area contributed by atoms with Gasteiger partial charge >= 0.3 is 0 Å². The first-order chi connectivity index (χ1) is 10.0. The van der Waals surface area contributed by atoms with E-state index in [9.17, 15) is 8.42 Å². The largest absolute Gasteiger partial charge is 0.313 e. The van der Waals surface area contributed by atoms with Gasteiger partial charge in [0.05, 0.1) is 5.02 Å². The second-order valence-electron chi connectivity index (χ2n) is 4.64. The highest BCUT2D eigenvalue weighted by atomic mass is 35.5. The normalized spacial score (nSPS) is 11.8. The van der Waals surface area contributed by atoms with E-state index in [-0.39, 0.29) is 9.92 Å². The van der Waals surface area contributed by atoms with E-state index in [0.717, 1.165) is 30.7 Å². The molecule has 0 bridgehead atoms. The third kappa shape index (κ3) is 6.57. The first-order valence-corrected chi connectivity index (χ1v) is 10.2. The third-order valence-corrected chi connectivity index (χ3v) is 5.57. The summed E-state index contributed by atoms with van der Waals surface area (Å²) in [5.41, 5.74) is 0.906. The van der Waals surface area contributed by atoms with Crippen LogP contribution in [0.4, 0.5) is 0 Å². The quantitative estimate of drug-likeness (QED) is 0.637. The number of benzene rings is 1. The van der Waals surface area contributed by atoms with Crippen molar-refractivity contribution in [1.29, 1.82) is 0 Å². The predicted molar refractivity (Wildman–Crippen MR) is 91.6 cm³/mol. The molecule has 0 unspecified atom stereocenters. The summed E-state index contributed by atoms with van der Waals surface area (Å²) in [5.74, 6) is 1.04. The highest BCUT2D eigenvalue weighted by Crippen LogP contribution is 2.22. The van der Waals surface area contributed by atoms with Crippen molar-refractivity contribution < 1.29 is 8.42 Å². The molecule has 0 spiro atoms. The van der Waals surface area contributed by atoms with E-state index in [0.29, 0.717) is 13.1 Å². The van der Waals surface area contributed by atoms with Gasteiger partial charge in [-0.3, -0.25) is 0 Å². The van der Waals surface area contributed by atoms with Crippen LogP contribution >= 0.6 is 23.4 Å². The lowest BCUT2D eigenvalue weighted by Crippen LogP contribution is -2.25. The molecule has 0 aliphatic heterocycles. The Bertz CT molecular complexity index is 536. The van der Waals surface area contributed by atoms with Gasteiger partial charge in [-0.2, -0.15) is 11.8 Å². The van der Waals surface area contributed by atoms with Crippen LogP contribution in [0.15, 0.2) is 23.1 Å². The van der Waals surface area contributed by atoms with Gasteiger partial charge in [0.25, 0.3) is 0 Å². The minimum atomic E-state index is -3.54. The fourth-order valence-corrected chi connectivity index (χ4v) is 3.90. The summed E-state index contributed by atoms with van der Waals surface area (Å²) < 4.78 is 27.2. The molecule has 0 amide bonds. The molecule has 4 nitrogen and oxygen atoms in total. The Labute approximate surface area is 137 Å². The zero-order chi connectivity index (χ0) is 15.7. The van der Waals surface area contributed by atoms with Gasteiger partial charge < -0.3 is 5.32 Å². The Balaban J connectivity index is 2.72. The van der Waals surface area contributed by atoms with Crippen LogP contribution in [0.25, 0.3) is 0 Å². The molecule has 0 saturated heterocycles. The summed E-state index contributed by atoms with van der Waals surface area (Å²) in [7, 11) is -3.54. The Morgan fingerprint density at radius 3 is 2.71 bits per heavy atom. The Morgan fingerprint density at radius 2 is 2.05 bits per heavy atom. The van der Waals surface area contributed by atoms with Crippen molar-refractivity contribution in [3.8, 4) is 0 Å². The molecule has 120 valence electrons. The smallest absolute Gasteiger partial charge is 0.242 e. The van der Waals surface area contributed by atoms with Gasteiger partial charge in [-0.1, -0.05) is 24.6 Å². The standard InChI is InChI=1S/C14H23ClN2O2S2/c1-3-16-11-12-6-7-13(15)14(10-12)21(18,19)17-8-4-5-9-20-2/h6-7,10,16-17H,3-5,8-9,11H2,1-2H3. The first kappa shape index (κ1) is 18.8. The van der Waals surface area contributed by atoms with E-state index in [1.165, 1.54) is 0 Å². The molecule has 1 aromatic carbocycles. The molecular weight excluding hydrogens is 328 g/mol. The van der Waals surface area contributed by atoms with Gasteiger partial charge in [0.2, 0.25) is 10.0 Å². The molecule has 21 heavy (non-hydrogen) atoms. The number of halogens is 1. The second kappa shape index (κ2) is 9.69. The number of thioether (sulfide) groups is 1. The van der Waals surface area contributed by atoms with E-state index in [4.69, 9.17) is 11.6 Å². The van der Waals surface area contributed by atoms with E-state index in [1.54, 1.807) is 23.9 Å². The number of rotatable bonds is 10. The Hall–Kier alpha value is -0.270. The SMILES string of the molecule is CCNCc1ccc(Cl)c(S(=O)(=O)NCCCCSC)c1. The van der Waals surface area contributed by atoms with Crippen LogP contribution in [0.3, 0.4) is 0 Å². The summed E-state index contributed by atoms with van der Waals surface area (Å²) in [6, 6.07) is 5.11. The van der Waals surface area contributed by atoms with E-state index >= 15 is 0 Å². The number of hydrogen-bond donors (Lipinski definition) is 2. The molecule has 0 aromatic heterocycles. The van der Waals surface area contributed by atoms with Crippen LogP contribution in [-0.4, -0.2) is 33.5 Å². The molecule has 2 N–H and O–H groups in total. The van der Waals surface area contributed by atoms with Crippen molar-refractivity contribution in [2.24, 2.45) is 0 Å². The predicted octanol–water partition coefficient (Wildman–Crippen LogP) is 2.87. The minimum absolute atomic E-state index is 0.157. The summed E-state index contributed by atoms with van der Waals surface area (Å²) in [6.07, 6.45) is 3.87. The zero-order valence-corrected chi connectivity index (χ0v) is 14.9. The summed E-state index contributed by atoms with van der Waals surface area (Å²) >= 11 is 7.80. The molecule has 0 aliphatic carbocycles. The lowest BCUT2D eigenvalue weighted by Gasteiger charge is -2.10. The van der Waals surface area contributed by atoms with Crippen molar-refractivity contribution in [2.45, 2.75) is 31.2 Å². The van der Waals surface area contributed by atoms with Gasteiger partial charge in [-0.05, 0) is 49.1 Å². The molecule has 0 fully saturated rings. The topological polar surface area (TPSA) is 58.2 Å². The molecule has 0 radical (unpaired) electrons. The minimum Gasteiger partial charge on any atom is -0.313 e. The molecule has 7 heteroatoms. The lowest BCUT2D eigenvalue weighted by molar-refractivity contribution is 0.578. The third-order valence-electron chi connectivity index (χ3n) is 2.93. The molecule has 1 rings (SSSR count). The van der Waals surface area contributed by atoms with Crippen molar-refractivity contribution >= 4 is 33.4 Å². The van der Waals surface area contributed by atoms with E-state index < -0.39 is 10.0 Å². The average Bonchev–Trinajstić information content (AvgIpc) is 2.46. The first-order valence-electron chi connectivity index (χ1n) is 6.99. The van der Waals surface area contributed by atoms with Crippen molar-refractivity contribution in [1.82, 2.24) is 10.0 Å². The molecule has 1 aromatic rings. The number of hydrogen-bond acceptors (Lipinski definition) is 4. The maximum Gasteiger partial charge on any atom is 0.242 e. The molecule has 0 saturated carbocycles. The second-order valence-corrected chi connectivity index (χ2v) is 7.77. The van der Waals surface area contributed by atoms with Crippen LogP contribution in [0, 0.1) is 0 Å². The van der Waals surface area contributed by atoms with Crippen LogP contribution < -0.4 is 10.0 Å². The van der Waals surface area contributed by atoms with Crippen LogP contribution in [-0.2, 0) is 16.6 Å². The molecular formula is C14H23ClN2O2S2. The maximum atomic E-state index is 12.3. The fourth-order valence-electron chi connectivity index (χ4n) is 1.79. The van der Waals surface area contributed by atoms with Gasteiger partial charge in [-0.25, -0.2) is 13.1 Å². The highest BCUT2D eigenvalue weighted by molar-refractivity contribution is 7.98. The summed E-state index contributed by atoms with van der Waals surface area (Å²) in [4.78, 5) is 0.157. The van der Waals surface area contributed by atoms with E-state index in [2.05, 4.69) is 10.0 Å². The molecule has 0 aliphatic rings. The Morgan fingerprint density at radius 1 is 1.29 bits per heavy atom. The summed E-state index contributed by atoms with van der Waals surface area (Å²) in [5, 5.41) is 3.42. The lowest BCUT2D eigenvalue weighted by atomic mass is 10.2. The zero-order valence-electron chi connectivity index (χ0n) is 12.5. The van der Waals surface area contributed by atoms with Gasteiger partial charge in [0, 0.05) is 13.1 Å². The molecule has 0 heterocycles. The molecule has 0 atom stereocenters. The average molecular weight is 351 g/mol.